The molecule has 1 aromatic carbocycles. The molecular formula is C12H15Cl3NO5PS. The van der Waals surface area contributed by atoms with Crippen LogP contribution in [0.1, 0.15) is 13.8 Å². The van der Waals surface area contributed by atoms with Gasteiger partial charge < -0.3 is 9.05 Å². The van der Waals surface area contributed by atoms with Gasteiger partial charge in [0, 0.05) is 0 Å². The second-order valence-corrected chi connectivity index (χ2v) is 11.1. The fourth-order valence-corrected chi connectivity index (χ4v) is 7.32. The van der Waals surface area contributed by atoms with Crippen LogP contribution in [0.4, 0.5) is 0 Å². The van der Waals surface area contributed by atoms with E-state index in [1.165, 1.54) is 24.3 Å². The van der Waals surface area contributed by atoms with E-state index in [-0.39, 0.29) is 4.90 Å². The van der Waals surface area contributed by atoms with Gasteiger partial charge in [0.1, 0.15) is 0 Å². The van der Waals surface area contributed by atoms with Gasteiger partial charge in [0.15, 0.2) is 5.78 Å². The summed E-state index contributed by atoms with van der Waals surface area (Å²) in [5, 5.41) is 0. The van der Waals surface area contributed by atoms with Crippen LogP contribution in [0.2, 0.25) is 0 Å². The highest BCUT2D eigenvalue weighted by Gasteiger charge is 2.55. The van der Waals surface area contributed by atoms with Gasteiger partial charge in [0.2, 0.25) is 13.8 Å². The quantitative estimate of drug-likeness (QED) is 0.591. The Kier molecular flexibility index (Phi) is 5.76. The number of nitrogens with one attached hydrogen (secondary N) is 1. The molecule has 0 bridgehead atoms. The van der Waals surface area contributed by atoms with Crippen LogP contribution in [-0.2, 0) is 23.6 Å². The molecular weight excluding hydrogens is 408 g/mol. The van der Waals surface area contributed by atoms with Crippen molar-refractivity contribution in [3.63, 3.8) is 0 Å². The molecule has 1 aliphatic rings. The topological polar surface area (TPSA) is 81.7 Å². The molecule has 23 heavy (non-hydrogen) atoms. The molecule has 3 atom stereocenters. The molecule has 1 heterocycles. The van der Waals surface area contributed by atoms with Gasteiger partial charge in [0.05, 0.1) is 17.1 Å². The average molecular weight is 423 g/mol. The molecule has 1 N–H and O–H groups in total. The molecule has 1 fully saturated rings. The van der Waals surface area contributed by atoms with Crippen molar-refractivity contribution in [2.45, 2.75) is 40.5 Å². The summed E-state index contributed by atoms with van der Waals surface area (Å²) in [6, 6.07) is 7.44. The predicted octanol–water partition coefficient (Wildman–Crippen LogP) is 3.68. The first-order valence-electron chi connectivity index (χ1n) is 6.56. The van der Waals surface area contributed by atoms with Crippen LogP contribution in [0.15, 0.2) is 35.2 Å². The molecule has 0 aliphatic carbocycles. The lowest BCUT2D eigenvalue weighted by atomic mass is 10.3. The Bertz CT molecular complexity index is 695. The van der Waals surface area contributed by atoms with Crippen molar-refractivity contribution in [2.24, 2.45) is 0 Å². The summed E-state index contributed by atoms with van der Waals surface area (Å²) in [5.41, 5.74) is 0. The zero-order valence-electron chi connectivity index (χ0n) is 12.1. The third kappa shape index (κ3) is 4.41. The Balaban J connectivity index is 2.37. The van der Waals surface area contributed by atoms with Crippen molar-refractivity contribution in [1.82, 2.24) is 4.72 Å². The zero-order valence-corrected chi connectivity index (χ0v) is 16.1. The molecule has 130 valence electrons. The summed E-state index contributed by atoms with van der Waals surface area (Å²) < 4.78 is 48.2. The molecule has 0 aromatic heterocycles. The Morgan fingerprint density at radius 1 is 1.13 bits per heavy atom. The highest BCUT2D eigenvalue weighted by molar-refractivity contribution is 7.89. The molecule has 0 saturated carbocycles. The SMILES string of the molecule is C[C@H]1OP(=O)([C@H](NS(=O)(=O)c2ccccc2)C(Cl)(Cl)Cl)O[C@@H]1C. The van der Waals surface area contributed by atoms with E-state index in [1.807, 2.05) is 0 Å². The highest BCUT2D eigenvalue weighted by Crippen LogP contribution is 2.64. The van der Waals surface area contributed by atoms with E-state index >= 15 is 0 Å². The zero-order chi connectivity index (χ0) is 17.5. The van der Waals surface area contributed by atoms with Crippen molar-refractivity contribution >= 4 is 52.4 Å². The van der Waals surface area contributed by atoms with Gasteiger partial charge in [-0.15, -0.1) is 0 Å². The number of sulfonamides is 1. The van der Waals surface area contributed by atoms with Gasteiger partial charge in [0.25, 0.3) is 0 Å². The first-order valence-corrected chi connectivity index (χ1v) is 10.8. The first-order chi connectivity index (χ1) is 10.5. The predicted molar refractivity (Wildman–Crippen MR) is 89.5 cm³/mol. The minimum absolute atomic E-state index is 0.0638. The maximum absolute atomic E-state index is 12.9. The van der Waals surface area contributed by atoms with Crippen molar-refractivity contribution in [2.75, 3.05) is 0 Å². The Morgan fingerprint density at radius 2 is 1.61 bits per heavy atom. The van der Waals surface area contributed by atoms with Gasteiger partial charge in [-0.25, -0.2) is 8.42 Å². The minimum atomic E-state index is -4.09. The molecule has 6 nitrogen and oxygen atoms in total. The number of halogens is 3. The van der Waals surface area contributed by atoms with Crippen LogP contribution in [0.3, 0.4) is 0 Å². The Hall–Kier alpha value is 0.150. The van der Waals surface area contributed by atoms with Crippen LogP contribution in [0.5, 0.6) is 0 Å². The van der Waals surface area contributed by atoms with E-state index in [4.69, 9.17) is 43.9 Å². The van der Waals surface area contributed by atoms with E-state index in [2.05, 4.69) is 4.72 Å². The standard InChI is InChI=1S/C12H15Cl3NO5PS/c1-8-9(2)21-22(17,20-8)11(12(13,14)15)16-23(18,19)10-6-4-3-5-7-10/h3-9,11,16H,1-2H3/t8-,9-,11+/m1/s1. The van der Waals surface area contributed by atoms with Crippen LogP contribution >= 0.6 is 42.4 Å². The first kappa shape index (κ1) is 19.5. The molecule has 1 aromatic rings. The second kappa shape index (κ2) is 6.81. The summed E-state index contributed by atoms with van der Waals surface area (Å²) in [7, 11) is -8.11. The molecule has 0 spiro atoms. The molecule has 0 radical (unpaired) electrons. The van der Waals surface area contributed by atoms with Gasteiger partial charge in [-0.2, -0.15) is 4.72 Å². The molecule has 1 aliphatic heterocycles. The number of alkyl halides is 3. The number of hydrogen-bond donors (Lipinski definition) is 1. The fraction of sp³-hybridized carbons (Fsp3) is 0.500. The van der Waals surface area contributed by atoms with Crippen LogP contribution in [0.25, 0.3) is 0 Å². The van der Waals surface area contributed by atoms with Crippen molar-refractivity contribution in [3.05, 3.63) is 30.3 Å². The molecule has 0 amide bonds. The lowest BCUT2D eigenvalue weighted by Crippen LogP contribution is -2.43. The number of benzene rings is 1. The summed E-state index contributed by atoms with van der Waals surface area (Å²) in [6.07, 6.45) is -1.06. The van der Waals surface area contributed by atoms with Crippen LogP contribution < -0.4 is 4.72 Å². The fourth-order valence-electron chi connectivity index (χ4n) is 1.91. The van der Waals surface area contributed by atoms with E-state index in [9.17, 15) is 13.0 Å². The van der Waals surface area contributed by atoms with E-state index in [0.717, 1.165) is 0 Å². The third-order valence-corrected chi connectivity index (χ3v) is 8.36. The van der Waals surface area contributed by atoms with E-state index in [1.54, 1.807) is 19.9 Å². The van der Waals surface area contributed by atoms with Gasteiger partial charge in [-0.1, -0.05) is 53.0 Å². The van der Waals surface area contributed by atoms with Crippen molar-refractivity contribution in [1.29, 1.82) is 0 Å². The molecule has 0 unspecified atom stereocenters. The van der Waals surface area contributed by atoms with Crippen molar-refractivity contribution < 1.29 is 22.0 Å². The molecule has 11 heteroatoms. The summed E-state index contributed by atoms with van der Waals surface area (Å²) >= 11 is 17.5. The van der Waals surface area contributed by atoms with Crippen molar-refractivity contribution in [3.8, 4) is 0 Å². The number of rotatable bonds is 4. The van der Waals surface area contributed by atoms with E-state index in [0.29, 0.717) is 0 Å². The minimum Gasteiger partial charge on any atom is -0.302 e. The van der Waals surface area contributed by atoms with E-state index < -0.39 is 39.4 Å². The van der Waals surface area contributed by atoms with Gasteiger partial charge >= 0.3 is 7.60 Å². The van der Waals surface area contributed by atoms with Crippen LogP contribution in [0, 0.1) is 0 Å². The van der Waals surface area contributed by atoms with Crippen LogP contribution in [-0.4, -0.2) is 30.2 Å². The second-order valence-electron chi connectivity index (χ2n) is 5.04. The Morgan fingerprint density at radius 3 is 2.04 bits per heavy atom. The lowest BCUT2D eigenvalue weighted by Gasteiger charge is -2.28. The highest BCUT2D eigenvalue weighted by atomic mass is 35.6. The van der Waals surface area contributed by atoms with Gasteiger partial charge in [-0.3, -0.25) is 4.57 Å². The largest absolute Gasteiger partial charge is 0.353 e. The normalized spacial score (nSPS) is 26.1. The smallest absolute Gasteiger partial charge is 0.302 e. The lowest BCUT2D eigenvalue weighted by molar-refractivity contribution is 0.187. The maximum atomic E-state index is 12.9. The average Bonchev–Trinajstić information content (AvgIpc) is 2.70. The summed E-state index contributed by atoms with van der Waals surface area (Å²) in [4.78, 5) is -0.0638. The maximum Gasteiger partial charge on any atom is 0.353 e. The Labute approximate surface area is 150 Å². The summed E-state index contributed by atoms with van der Waals surface area (Å²) in [6.45, 7) is 3.26. The monoisotopic (exact) mass is 421 g/mol. The summed E-state index contributed by atoms with van der Waals surface area (Å²) in [5.74, 6) is -1.68. The molecule has 1 saturated heterocycles. The number of hydrogen-bond acceptors (Lipinski definition) is 5. The van der Waals surface area contributed by atoms with Gasteiger partial charge in [-0.05, 0) is 26.0 Å². The third-order valence-electron chi connectivity index (χ3n) is 3.23. The molecule has 2 rings (SSSR count).